The summed E-state index contributed by atoms with van der Waals surface area (Å²) in [6.07, 6.45) is -2.19. The largest absolute Gasteiger partial charge is 0.471 e. The predicted octanol–water partition coefficient (Wildman–Crippen LogP) is 4.44. The van der Waals surface area contributed by atoms with Crippen molar-refractivity contribution < 1.29 is 22.4 Å². The summed E-state index contributed by atoms with van der Waals surface area (Å²) in [7, 11) is 1.70. The molecule has 1 aliphatic rings. The fourth-order valence-electron chi connectivity index (χ4n) is 3.29. The van der Waals surface area contributed by atoms with E-state index in [4.69, 9.17) is 9.26 Å². The van der Waals surface area contributed by atoms with Crippen LogP contribution in [0.1, 0.15) is 11.3 Å². The zero-order valence-electron chi connectivity index (χ0n) is 17.1. The molecule has 0 unspecified atom stereocenters. The molecule has 1 aliphatic heterocycles. The SMILES string of the molecule is C=C1Nc2ccc(-c3noc(-c4cnn(C)c4COc4ccc(C(F)(F)F)cn4)n3)cc2N1. The Hall–Kier alpha value is -4.35. The standard InChI is InChI=1S/C21H16F3N7O2/c1-11-27-15-5-3-12(7-16(15)28-11)19-29-20(33-30-19)14-9-26-31(2)17(14)10-32-18-6-4-13(8-25-18)21(22,23)24/h3-9,27-28H,1,10H2,2H3. The number of alkyl halides is 3. The smallest absolute Gasteiger partial charge is 0.417 e. The van der Waals surface area contributed by atoms with E-state index in [0.29, 0.717) is 22.9 Å². The molecule has 0 saturated heterocycles. The molecule has 0 bridgehead atoms. The molecule has 2 N–H and O–H groups in total. The first kappa shape index (κ1) is 20.5. The minimum atomic E-state index is -4.46. The number of hydrogen-bond donors (Lipinski definition) is 2. The normalized spacial score (nSPS) is 12.9. The van der Waals surface area contributed by atoms with Gasteiger partial charge in [0.25, 0.3) is 5.89 Å². The fraction of sp³-hybridized carbons (Fsp3) is 0.143. The molecule has 0 spiro atoms. The first-order valence-corrected chi connectivity index (χ1v) is 9.66. The number of aryl methyl sites for hydroxylation is 1. The van der Waals surface area contributed by atoms with Gasteiger partial charge in [-0.2, -0.15) is 23.3 Å². The number of pyridine rings is 1. The van der Waals surface area contributed by atoms with Crippen LogP contribution < -0.4 is 15.4 Å². The van der Waals surface area contributed by atoms with Gasteiger partial charge in [-0.25, -0.2) is 4.98 Å². The lowest BCUT2D eigenvalue weighted by Gasteiger charge is -2.09. The van der Waals surface area contributed by atoms with Crippen molar-refractivity contribution in [2.24, 2.45) is 7.05 Å². The highest BCUT2D eigenvalue weighted by atomic mass is 19.4. The van der Waals surface area contributed by atoms with Gasteiger partial charge in [-0.15, -0.1) is 0 Å². The van der Waals surface area contributed by atoms with Crippen LogP contribution >= 0.6 is 0 Å². The number of nitrogens with zero attached hydrogens (tertiary/aromatic N) is 5. The monoisotopic (exact) mass is 455 g/mol. The third-order valence-corrected chi connectivity index (χ3v) is 4.99. The lowest BCUT2D eigenvalue weighted by Crippen LogP contribution is -2.07. The Morgan fingerprint density at radius 2 is 1.94 bits per heavy atom. The van der Waals surface area contributed by atoms with Crippen LogP contribution in [0.3, 0.4) is 0 Å². The molecule has 12 heteroatoms. The van der Waals surface area contributed by atoms with Gasteiger partial charge < -0.3 is 19.9 Å². The summed E-state index contributed by atoms with van der Waals surface area (Å²) >= 11 is 0. The Balaban J connectivity index is 1.35. The van der Waals surface area contributed by atoms with Crippen LogP contribution in [-0.4, -0.2) is 24.9 Å². The van der Waals surface area contributed by atoms with Crippen LogP contribution in [-0.2, 0) is 19.8 Å². The summed E-state index contributed by atoms with van der Waals surface area (Å²) < 4.78 is 50.7. The topological polar surface area (TPSA) is 103 Å². The zero-order chi connectivity index (χ0) is 23.2. The number of hydrogen-bond acceptors (Lipinski definition) is 8. The van der Waals surface area contributed by atoms with E-state index in [1.54, 1.807) is 17.9 Å². The van der Waals surface area contributed by atoms with Gasteiger partial charge in [-0.3, -0.25) is 4.68 Å². The van der Waals surface area contributed by atoms with Gasteiger partial charge in [0.05, 0.1) is 34.4 Å². The van der Waals surface area contributed by atoms with E-state index < -0.39 is 11.7 Å². The molecular weight excluding hydrogens is 439 g/mol. The van der Waals surface area contributed by atoms with Gasteiger partial charge in [0.2, 0.25) is 11.7 Å². The second-order valence-electron chi connectivity index (χ2n) is 7.21. The Morgan fingerprint density at radius 1 is 1.12 bits per heavy atom. The summed E-state index contributed by atoms with van der Waals surface area (Å²) in [6.45, 7) is 3.82. The molecular formula is C21H16F3N7O2. The quantitative estimate of drug-likeness (QED) is 0.455. The number of aromatic nitrogens is 5. The highest BCUT2D eigenvalue weighted by molar-refractivity contribution is 5.82. The first-order valence-electron chi connectivity index (χ1n) is 9.66. The molecule has 0 aliphatic carbocycles. The van der Waals surface area contributed by atoms with Gasteiger partial charge in [0, 0.05) is 24.9 Å². The molecule has 168 valence electrons. The molecule has 9 nitrogen and oxygen atoms in total. The molecule has 0 atom stereocenters. The van der Waals surface area contributed by atoms with Crippen molar-refractivity contribution in [3.05, 3.63) is 66.4 Å². The van der Waals surface area contributed by atoms with Crippen LogP contribution in [0.25, 0.3) is 22.8 Å². The molecule has 3 aromatic heterocycles. The number of ether oxygens (including phenoxy) is 1. The molecule has 33 heavy (non-hydrogen) atoms. The van der Waals surface area contributed by atoms with Crippen LogP contribution in [0.2, 0.25) is 0 Å². The maximum Gasteiger partial charge on any atom is 0.417 e. The third kappa shape index (κ3) is 3.97. The number of anilines is 2. The number of rotatable bonds is 5. The highest BCUT2D eigenvalue weighted by Gasteiger charge is 2.30. The summed E-state index contributed by atoms with van der Waals surface area (Å²) in [4.78, 5) is 8.18. The fourth-order valence-corrected chi connectivity index (χ4v) is 3.29. The molecule has 0 fully saturated rings. The van der Waals surface area contributed by atoms with Gasteiger partial charge >= 0.3 is 6.18 Å². The second-order valence-corrected chi connectivity index (χ2v) is 7.21. The van der Waals surface area contributed by atoms with Crippen molar-refractivity contribution in [2.75, 3.05) is 10.6 Å². The Labute approximate surface area is 184 Å². The number of fused-ring (bicyclic) bond motifs is 1. The van der Waals surface area contributed by atoms with Crippen molar-refractivity contribution in [2.45, 2.75) is 12.8 Å². The lowest BCUT2D eigenvalue weighted by atomic mass is 10.1. The van der Waals surface area contributed by atoms with Crippen LogP contribution in [0.4, 0.5) is 24.5 Å². The zero-order valence-corrected chi connectivity index (χ0v) is 17.1. The number of nitrogens with one attached hydrogen (secondary N) is 2. The summed E-state index contributed by atoms with van der Waals surface area (Å²) in [5.41, 5.74) is 2.76. The highest BCUT2D eigenvalue weighted by Crippen LogP contribution is 2.34. The molecule has 0 radical (unpaired) electrons. The van der Waals surface area contributed by atoms with E-state index >= 15 is 0 Å². The third-order valence-electron chi connectivity index (χ3n) is 4.99. The Kier molecular flexibility index (Phi) is 4.77. The van der Waals surface area contributed by atoms with E-state index in [1.807, 2.05) is 18.2 Å². The Morgan fingerprint density at radius 3 is 2.70 bits per heavy atom. The van der Waals surface area contributed by atoms with Crippen LogP contribution in [0, 0.1) is 0 Å². The average Bonchev–Trinajstić information content (AvgIpc) is 3.49. The molecule has 0 amide bonds. The van der Waals surface area contributed by atoms with Crippen molar-refractivity contribution in [3.8, 4) is 28.7 Å². The summed E-state index contributed by atoms with van der Waals surface area (Å²) in [6, 6.07) is 7.68. The predicted molar refractivity (Wildman–Crippen MR) is 112 cm³/mol. The van der Waals surface area contributed by atoms with Gasteiger partial charge in [-0.1, -0.05) is 11.7 Å². The van der Waals surface area contributed by atoms with Crippen LogP contribution in [0.15, 0.2) is 59.6 Å². The minimum absolute atomic E-state index is 0.0154. The van der Waals surface area contributed by atoms with Gasteiger partial charge in [-0.05, 0) is 24.3 Å². The van der Waals surface area contributed by atoms with E-state index in [0.717, 1.165) is 35.3 Å². The summed E-state index contributed by atoms with van der Waals surface area (Å²) in [5, 5.41) is 14.5. The summed E-state index contributed by atoms with van der Waals surface area (Å²) in [5.74, 6) is 1.33. The maximum absolute atomic E-state index is 12.7. The number of halogens is 3. The average molecular weight is 455 g/mol. The van der Waals surface area contributed by atoms with Gasteiger partial charge in [0.15, 0.2) is 0 Å². The first-order chi connectivity index (χ1) is 15.8. The van der Waals surface area contributed by atoms with Crippen molar-refractivity contribution in [1.29, 1.82) is 0 Å². The second kappa shape index (κ2) is 7.65. The van der Waals surface area contributed by atoms with Crippen LogP contribution in [0.5, 0.6) is 5.88 Å². The van der Waals surface area contributed by atoms with E-state index in [2.05, 4.69) is 37.4 Å². The lowest BCUT2D eigenvalue weighted by molar-refractivity contribution is -0.137. The maximum atomic E-state index is 12.7. The molecule has 0 saturated carbocycles. The molecule has 5 rings (SSSR count). The Bertz CT molecular complexity index is 1340. The van der Waals surface area contributed by atoms with E-state index in [-0.39, 0.29) is 18.4 Å². The van der Waals surface area contributed by atoms with Crippen molar-refractivity contribution in [1.82, 2.24) is 24.9 Å². The van der Waals surface area contributed by atoms with Gasteiger partial charge in [0.1, 0.15) is 12.4 Å². The minimum Gasteiger partial charge on any atom is -0.471 e. The van der Waals surface area contributed by atoms with E-state index in [9.17, 15) is 13.2 Å². The number of benzene rings is 1. The van der Waals surface area contributed by atoms with Crippen molar-refractivity contribution in [3.63, 3.8) is 0 Å². The van der Waals surface area contributed by atoms with E-state index in [1.165, 1.54) is 0 Å². The molecule has 4 aromatic rings. The van der Waals surface area contributed by atoms with Crippen molar-refractivity contribution >= 4 is 11.4 Å². The molecule has 1 aromatic carbocycles. The molecule has 4 heterocycles.